The van der Waals surface area contributed by atoms with Crippen molar-refractivity contribution in [2.75, 3.05) is 19.8 Å². The first-order valence-corrected chi connectivity index (χ1v) is 7.04. The van der Waals surface area contributed by atoms with Crippen molar-refractivity contribution in [3.63, 3.8) is 0 Å². The third-order valence-electron chi connectivity index (χ3n) is 4.23. The van der Waals surface area contributed by atoms with E-state index in [1.54, 1.807) is 0 Å². The van der Waals surface area contributed by atoms with Crippen molar-refractivity contribution in [1.29, 1.82) is 0 Å². The van der Waals surface area contributed by atoms with Crippen LogP contribution in [0.1, 0.15) is 58.8 Å². The lowest BCUT2D eigenvalue weighted by atomic mass is 9.82. The first-order valence-electron chi connectivity index (χ1n) is 7.04. The molecule has 0 saturated heterocycles. The van der Waals surface area contributed by atoms with E-state index in [4.69, 9.17) is 10.5 Å². The Morgan fingerprint density at radius 1 is 1.31 bits per heavy atom. The van der Waals surface area contributed by atoms with Crippen LogP contribution in [-0.4, -0.2) is 19.8 Å². The summed E-state index contributed by atoms with van der Waals surface area (Å²) >= 11 is 0. The van der Waals surface area contributed by atoms with Crippen molar-refractivity contribution in [2.45, 2.75) is 58.8 Å². The zero-order valence-electron chi connectivity index (χ0n) is 11.1. The van der Waals surface area contributed by atoms with E-state index in [2.05, 4.69) is 13.8 Å². The van der Waals surface area contributed by atoms with Gasteiger partial charge in [-0.1, -0.05) is 26.7 Å². The van der Waals surface area contributed by atoms with Crippen LogP contribution in [0.15, 0.2) is 0 Å². The Kier molecular flexibility index (Phi) is 6.37. The predicted octanol–water partition coefficient (Wildman–Crippen LogP) is 3.35. The van der Waals surface area contributed by atoms with Crippen molar-refractivity contribution < 1.29 is 4.74 Å². The van der Waals surface area contributed by atoms with E-state index in [1.807, 2.05) is 0 Å². The molecule has 2 atom stereocenters. The largest absolute Gasteiger partial charge is 0.381 e. The van der Waals surface area contributed by atoms with Crippen LogP contribution in [0.25, 0.3) is 0 Å². The van der Waals surface area contributed by atoms with Crippen molar-refractivity contribution in [3.05, 3.63) is 0 Å². The minimum absolute atomic E-state index is 0.410. The van der Waals surface area contributed by atoms with E-state index >= 15 is 0 Å². The fraction of sp³-hybridized carbons (Fsp3) is 1.00. The second-order valence-electron chi connectivity index (χ2n) is 5.44. The van der Waals surface area contributed by atoms with Crippen LogP contribution in [0, 0.1) is 11.3 Å². The third-order valence-corrected chi connectivity index (χ3v) is 4.23. The third kappa shape index (κ3) is 4.06. The lowest BCUT2D eigenvalue weighted by molar-refractivity contribution is 0.0935. The Hall–Kier alpha value is -0.0800. The number of ether oxygens (including phenoxy) is 1. The molecule has 0 bridgehead atoms. The van der Waals surface area contributed by atoms with Gasteiger partial charge in [-0.25, -0.2) is 0 Å². The van der Waals surface area contributed by atoms with E-state index in [9.17, 15) is 0 Å². The zero-order valence-corrected chi connectivity index (χ0v) is 11.1. The highest BCUT2D eigenvalue weighted by Crippen LogP contribution is 2.44. The number of nitrogens with two attached hydrogens (primary N) is 1. The standard InChI is InChI=1S/C14H29NO/c1-3-5-9-16-10-8-14(12-15)7-6-13(4-2)11-14/h13H,3-12,15H2,1-2H3. The minimum Gasteiger partial charge on any atom is -0.381 e. The minimum atomic E-state index is 0.410. The van der Waals surface area contributed by atoms with E-state index in [0.717, 1.165) is 25.7 Å². The van der Waals surface area contributed by atoms with Gasteiger partial charge in [0.1, 0.15) is 0 Å². The lowest BCUT2D eigenvalue weighted by Gasteiger charge is -2.27. The highest BCUT2D eigenvalue weighted by molar-refractivity contribution is 4.89. The molecule has 2 unspecified atom stereocenters. The van der Waals surface area contributed by atoms with Crippen LogP contribution >= 0.6 is 0 Å². The average molecular weight is 227 g/mol. The average Bonchev–Trinajstić information content (AvgIpc) is 2.73. The fourth-order valence-corrected chi connectivity index (χ4v) is 2.83. The van der Waals surface area contributed by atoms with Crippen LogP contribution in [0.3, 0.4) is 0 Å². The lowest BCUT2D eigenvalue weighted by Crippen LogP contribution is -2.29. The van der Waals surface area contributed by atoms with Crippen LogP contribution in [0.2, 0.25) is 0 Å². The fourth-order valence-electron chi connectivity index (χ4n) is 2.83. The molecule has 1 aliphatic rings. The molecule has 0 aromatic carbocycles. The van der Waals surface area contributed by atoms with Gasteiger partial charge in [-0.05, 0) is 50.0 Å². The van der Waals surface area contributed by atoms with Crippen LogP contribution in [0.5, 0.6) is 0 Å². The van der Waals surface area contributed by atoms with Crippen molar-refractivity contribution in [3.8, 4) is 0 Å². The first kappa shape index (κ1) is 14.0. The van der Waals surface area contributed by atoms with Crippen LogP contribution in [0.4, 0.5) is 0 Å². The summed E-state index contributed by atoms with van der Waals surface area (Å²) in [5.41, 5.74) is 6.38. The van der Waals surface area contributed by atoms with Crippen molar-refractivity contribution >= 4 is 0 Å². The molecule has 1 fully saturated rings. The SMILES string of the molecule is CCCCOCCC1(CN)CCC(CC)C1. The molecule has 16 heavy (non-hydrogen) atoms. The molecule has 0 amide bonds. The summed E-state index contributed by atoms with van der Waals surface area (Å²) in [4.78, 5) is 0. The summed E-state index contributed by atoms with van der Waals surface area (Å²) < 4.78 is 5.68. The van der Waals surface area contributed by atoms with Crippen LogP contribution < -0.4 is 5.73 Å². The summed E-state index contributed by atoms with van der Waals surface area (Å²) in [5.74, 6) is 0.916. The quantitative estimate of drug-likeness (QED) is 0.645. The van der Waals surface area contributed by atoms with Gasteiger partial charge in [-0.2, -0.15) is 0 Å². The topological polar surface area (TPSA) is 35.2 Å². The Labute approximate surface area is 101 Å². The maximum atomic E-state index is 5.97. The monoisotopic (exact) mass is 227 g/mol. The number of unbranched alkanes of at least 4 members (excludes halogenated alkanes) is 1. The molecule has 0 aliphatic heterocycles. The van der Waals surface area contributed by atoms with Gasteiger partial charge >= 0.3 is 0 Å². The van der Waals surface area contributed by atoms with E-state index in [-0.39, 0.29) is 0 Å². The van der Waals surface area contributed by atoms with Gasteiger partial charge in [0.2, 0.25) is 0 Å². The Morgan fingerprint density at radius 3 is 2.69 bits per heavy atom. The Balaban J connectivity index is 2.21. The molecule has 96 valence electrons. The Bertz CT molecular complexity index is 184. The maximum Gasteiger partial charge on any atom is 0.0471 e. The molecule has 2 heteroatoms. The summed E-state index contributed by atoms with van der Waals surface area (Å²) in [6.07, 6.45) is 8.92. The summed E-state index contributed by atoms with van der Waals surface area (Å²) in [5, 5.41) is 0. The molecule has 0 heterocycles. The van der Waals surface area contributed by atoms with Crippen molar-refractivity contribution in [1.82, 2.24) is 0 Å². The highest BCUT2D eigenvalue weighted by Gasteiger charge is 2.36. The van der Waals surface area contributed by atoms with Gasteiger partial charge in [-0.15, -0.1) is 0 Å². The summed E-state index contributed by atoms with van der Waals surface area (Å²) in [7, 11) is 0. The second-order valence-corrected chi connectivity index (χ2v) is 5.44. The van der Waals surface area contributed by atoms with Gasteiger partial charge in [0.05, 0.1) is 0 Å². The van der Waals surface area contributed by atoms with E-state index in [0.29, 0.717) is 5.41 Å². The number of hydrogen-bond acceptors (Lipinski definition) is 2. The maximum absolute atomic E-state index is 5.97. The summed E-state index contributed by atoms with van der Waals surface area (Å²) in [6.45, 7) is 7.19. The molecule has 0 aromatic rings. The smallest absolute Gasteiger partial charge is 0.0471 e. The number of hydrogen-bond donors (Lipinski definition) is 1. The van der Waals surface area contributed by atoms with Gasteiger partial charge in [0, 0.05) is 13.2 Å². The van der Waals surface area contributed by atoms with Gasteiger partial charge < -0.3 is 10.5 Å². The summed E-state index contributed by atoms with van der Waals surface area (Å²) in [6, 6.07) is 0. The number of rotatable bonds is 8. The predicted molar refractivity (Wildman–Crippen MR) is 69.5 cm³/mol. The molecule has 0 aromatic heterocycles. The second kappa shape index (κ2) is 7.29. The molecule has 2 nitrogen and oxygen atoms in total. The van der Waals surface area contributed by atoms with Crippen molar-refractivity contribution in [2.24, 2.45) is 17.1 Å². The zero-order chi connectivity index (χ0) is 11.9. The van der Waals surface area contributed by atoms with Gasteiger partial charge in [0.15, 0.2) is 0 Å². The molecule has 0 radical (unpaired) electrons. The molecular weight excluding hydrogens is 198 g/mol. The molecule has 0 spiro atoms. The van der Waals surface area contributed by atoms with E-state index in [1.165, 1.54) is 44.9 Å². The van der Waals surface area contributed by atoms with Gasteiger partial charge in [0.25, 0.3) is 0 Å². The molecule has 2 N–H and O–H groups in total. The Morgan fingerprint density at radius 2 is 2.12 bits per heavy atom. The molecular formula is C14H29NO. The molecule has 1 aliphatic carbocycles. The molecule has 1 rings (SSSR count). The first-order chi connectivity index (χ1) is 7.76. The van der Waals surface area contributed by atoms with E-state index < -0.39 is 0 Å². The van der Waals surface area contributed by atoms with Crippen LogP contribution in [-0.2, 0) is 4.74 Å². The molecule has 1 saturated carbocycles. The normalized spacial score (nSPS) is 29.8. The van der Waals surface area contributed by atoms with Gasteiger partial charge in [-0.3, -0.25) is 0 Å². The highest BCUT2D eigenvalue weighted by atomic mass is 16.5.